The Morgan fingerprint density at radius 2 is 2.06 bits per heavy atom. The van der Waals surface area contributed by atoms with Crippen molar-refractivity contribution in [2.45, 2.75) is 95.0 Å². The van der Waals surface area contributed by atoms with E-state index in [-0.39, 0.29) is 41.8 Å². The molecule has 9 heteroatoms. The normalized spacial score (nSPS) is 33.1. The molecule has 8 nitrogen and oxygen atoms in total. The number of hydrogen-bond donors (Lipinski definition) is 1. The Morgan fingerprint density at radius 3 is 2.60 bits per heavy atom. The van der Waals surface area contributed by atoms with Gasteiger partial charge in [0.15, 0.2) is 0 Å². The molecule has 0 aromatic carbocycles. The smallest absolute Gasteiger partial charge is 0.312 e. The fraction of sp³-hybridized carbons (Fsp3) is 0.808. The van der Waals surface area contributed by atoms with Crippen LogP contribution in [0.4, 0.5) is 0 Å². The lowest BCUT2D eigenvalue weighted by molar-refractivity contribution is -0.156. The molecule has 2 bridgehead atoms. The van der Waals surface area contributed by atoms with Crippen LogP contribution in [-0.4, -0.2) is 87.1 Å². The van der Waals surface area contributed by atoms with Crippen LogP contribution in [0, 0.1) is 17.8 Å². The lowest BCUT2D eigenvalue weighted by Gasteiger charge is -2.41. The van der Waals surface area contributed by atoms with Gasteiger partial charge in [0.05, 0.1) is 37.2 Å². The van der Waals surface area contributed by atoms with Gasteiger partial charge in [0, 0.05) is 17.4 Å². The molecule has 0 radical (unpaired) electrons. The monoisotopic (exact) mass is 556 g/mol. The number of ether oxygens (including phenoxy) is 2. The van der Waals surface area contributed by atoms with Gasteiger partial charge in [0.1, 0.15) is 11.6 Å². The number of esters is 1. The molecule has 8 atom stereocenters. The molecule has 2 amide bonds. The minimum atomic E-state index is -1.15. The second-order valence-electron chi connectivity index (χ2n) is 10.5. The average molecular weight is 558 g/mol. The summed E-state index contributed by atoms with van der Waals surface area (Å²) < 4.78 is 11.9. The molecule has 3 saturated heterocycles. The molecule has 0 aliphatic carbocycles. The first-order chi connectivity index (χ1) is 16.6. The van der Waals surface area contributed by atoms with Gasteiger partial charge in [0.25, 0.3) is 0 Å². The summed E-state index contributed by atoms with van der Waals surface area (Å²) in [5.74, 6) is -2.40. The molecule has 3 fully saturated rings. The van der Waals surface area contributed by atoms with Gasteiger partial charge >= 0.3 is 5.97 Å². The fourth-order valence-corrected chi connectivity index (χ4v) is 7.37. The largest absolute Gasteiger partial charge is 0.466 e. The first-order valence-corrected chi connectivity index (χ1v) is 13.8. The number of rotatable bonds is 12. The molecule has 3 aliphatic heterocycles. The lowest BCUT2D eigenvalue weighted by atomic mass is 9.70. The van der Waals surface area contributed by atoms with Crippen molar-refractivity contribution in [2.75, 3.05) is 19.8 Å². The minimum Gasteiger partial charge on any atom is -0.466 e. The van der Waals surface area contributed by atoms with E-state index >= 15 is 0 Å². The van der Waals surface area contributed by atoms with Crippen molar-refractivity contribution in [3.8, 4) is 0 Å². The summed E-state index contributed by atoms with van der Waals surface area (Å²) in [6, 6.07) is -1.54. The highest BCUT2D eigenvalue weighted by Gasteiger charge is 2.77. The van der Waals surface area contributed by atoms with Crippen molar-refractivity contribution in [3.05, 3.63) is 12.7 Å². The number of fused-ring (bicyclic) bond motifs is 1. The van der Waals surface area contributed by atoms with Crippen molar-refractivity contribution >= 4 is 33.7 Å². The fourth-order valence-electron chi connectivity index (χ4n) is 6.43. The maximum absolute atomic E-state index is 14.3. The topological polar surface area (TPSA) is 96.4 Å². The molecular formula is C26H41BrN2O6. The van der Waals surface area contributed by atoms with E-state index in [1.54, 1.807) is 22.8 Å². The molecule has 0 aromatic rings. The third-order valence-electron chi connectivity index (χ3n) is 7.71. The molecule has 1 spiro atoms. The van der Waals surface area contributed by atoms with Gasteiger partial charge in [-0.15, -0.1) is 6.58 Å². The van der Waals surface area contributed by atoms with E-state index in [2.05, 4.69) is 29.4 Å². The Labute approximate surface area is 217 Å². The van der Waals surface area contributed by atoms with E-state index in [4.69, 9.17) is 9.47 Å². The van der Waals surface area contributed by atoms with Crippen molar-refractivity contribution in [3.63, 3.8) is 0 Å². The minimum absolute atomic E-state index is 0.0604. The number of aliphatic hydroxyl groups excluding tert-OH is 1. The van der Waals surface area contributed by atoms with E-state index in [1.807, 2.05) is 20.8 Å². The molecule has 0 aromatic heterocycles. The lowest BCUT2D eigenvalue weighted by Crippen LogP contribution is -2.60. The van der Waals surface area contributed by atoms with Crippen molar-refractivity contribution in [1.82, 2.24) is 9.80 Å². The summed E-state index contributed by atoms with van der Waals surface area (Å²) in [4.78, 5) is 44.6. The Kier molecular flexibility index (Phi) is 9.08. The molecule has 198 valence electrons. The van der Waals surface area contributed by atoms with Crippen molar-refractivity contribution in [1.29, 1.82) is 0 Å². The highest BCUT2D eigenvalue weighted by Crippen LogP contribution is 2.61. The number of nitrogens with zero attached hydrogens (tertiary/aromatic N) is 2. The van der Waals surface area contributed by atoms with Gasteiger partial charge in [-0.05, 0) is 39.0 Å². The standard InChI is InChI=1S/C26H41BrN2O6/c1-7-10-16(6)28(11-8-2)24(32)22-26-13-18(27)21(35-26)19(25(33)34-9-3)20(26)23(31)29(22)17(14-30)12-15(4)5/h8,15-22,30H,2,7,9-14H2,1,3-6H3/t16?,17-,18?,19-,20+,21-,22?,26?/m1/s1. The zero-order chi connectivity index (χ0) is 26.1. The van der Waals surface area contributed by atoms with Crippen LogP contribution in [-0.2, 0) is 23.9 Å². The van der Waals surface area contributed by atoms with Gasteiger partial charge in [-0.1, -0.05) is 49.2 Å². The van der Waals surface area contributed by atoms with Crippen molar-refractivity contribution in [2.24, 2.45) is 17.8 Å². The number of alkyl halides is 1. The van der Waals surface area contributed by atoms with Crippen LogP contribution in [0.3, 0.4) is 0 Å². The highest BCUT2D eigenvalue weighted by molar-refractivity contribution is 9.09. The summed E-state index contributed by atoms with van der Waals surface area (Å²) in [6.07, 6.45) is 3.83. The molecule has 1 N–H and O–H groups in total. The Hall–Kier alpha value is -1.45. The summed E-state index contributed by atoms with van der Waals surface area (Å²) in [6.45, 7) is 13.9. The van der Waals surface area contributed by atoms with E-state index in [9.17, 15) is 19.5 Å². The van der Waals surface area contributed by atoms with Crippen LogP contribution in [0.25, 0.3) is 0 Å². The van der Waals surface area contributed by atoms with Gasteiger partial charge in [-0.25, -0.2) is 0 Å². The summed E-state index contributed by atoms with van der Waals surface area (Å²) in [5.41, 5.74) is -1.15. The van der Waals surface area contributed by atoms with Crippen LogP contribution in [0.15, 0.2) is 12.7 Å². The molecule has 0 saturated carbocycles. The molecular weight excluding hydrogens is 516 g/mol. The van der Waals surface area contributed by atoms with Crippen LogP contribution in [0.1, 0.15) is 60.3 Å². The first kappa shape index (κ1) is 28.1. The number of carbonyl (C=O) groups is 3. The number of halogens is 1. The van der Waals surface area contributed by atoms with Crippen LogP contribution in [0.2, 0.25) is 0 Å². The average Bonchev–Trinajstić information content (AvgIpc) is 3.39. The van der Waals surface area contributed by atoms with Gasteiger partial charge < -0.3 is 24.4 Å². The van der Waals surface area contributed by atoms with Crippen LogP contribution >= 0.6 is 15.9 Å². The predicted molar refractivity (Wildman–Crippen MR) is 136 cm³/mol. The molecule has 3 rings (SSSR count). The van der Waals surface area contributed by atoms with E-state index in [0.717, 1.165) is 12.8 Å². The molecule has 3 aliphatic rings. The van der Waals surface area contributed by atoms with E-state index in [0.29, 0.717) is 19.4 Å². The van der Waals surface area contributed by atoms with E-state index < -0.39 is 41.6 Å². The zero-order valence-corrected chi connectivity index (χ0v) is 23.2. The SMILES string of the molecule is C=CCN(C(=O)C1N([C@@H](CO)CC(C)C)C(=O)[C@@H]2[C@@H](C(=O)OCC)[C@@H]3OC12CC3Br)C(C)CCC. The zero-order valence-electron chi connectivity index (χ0n) is 21.6. The van der Waals surface area contributed by atoms with Gasteiger partial charge in [0.2, 0.25) is 11.8 Å². The van der Waals surface area contributed by atoms with Crippen molar-refractivity contribution < 1.29 is 29.0 Å². The number of hydrogen-bond acceptors (Lipinski definition) is 6. The third kappa shape index (κ3) is 4.80. The molecule has 4 unspecified atom stereocenters. The van der Waals surface area contributed by atoms with Gasteiger partial charge in [-0.2, -0.15) is 0 Å². The second-order valence-corrected chi connectivity index (χ2v) is 11.7. The third-order valence-corrected chi connectivity index (χ3v) is 8.56. The first-order valence-electron chi connectivity index (χ1n) is 12.9. The Bertz CT molecular complexity index is 822. The predicted octanol–water partition coefficient (Wildman–Crippen LogP) is 2.91. The Morgan fingerprint density at radius 1 is 1.37 bits per heavy atom. The van der Waals surface area contributed by atoms with Crippen LogP contribution < -0.4 is 0 Å². The molecule has 3 heterocycles. The second kappa shape index (κ2) is 11.3. The number of amides is 2. The highest BCUT2D eigenvalue weighted by atomic mass is 79.9. The number of carbonyl (C=O) groups excluding carboxylic acids is 3. The van der Waals surface area contributed by atoms with Gasteiger partial charge in [-0.3, -0.25) is 14.4 Å². The quantitative estimate of drug-likeness (QED) is 0.225. The Balaban J connectivity index is 2.13. The number of aliphatic hydroxyl groups is 1. The number of likely N-dealkylation sites (tertiary alicyclic amines) is 1. The molecule has 35 heavy (non-hydrogen) atoms. The maximum Gasteiger partial charge on any atom is 0.312 e. The summed E-state index contributed by atoms with van der Waals surface area (Å²) in [5, 5.41) is 10.4. The summed E-state index contributed by atoms with van der Waals surface area (Å²) >= 11 is 3.67. The van der Waals surface area contributed by atoms with E-state index in [1.165, 1.54) is 0 Å². The van der Waals surface area contributed by atoms with Crippen LogP contribution in [0.5, 0.6) is 0 Å². The summed E-state index contributed by atoms with van der Waals surface area (Å²) in [7, 11) is 0. The maximum atomic E-state index is 14.3.